The molecule has 4 atom stereocenters. The van der Waals surface area contributed by atoms with Crippen molar-refractivity contribution >= 4 is 24.2 Å². The number of nitrogen functional groups attached to an aromatic ring is 1. The van der Waals surface area contributed by atoms with E-state index in [-0.39, 0.29) is 24.6 Å². The minimum atomic E-state index is -2.08. The van der Waals surface area contributed by atoms with E-state index in [9.17, 15) is 19.8 Å². The molecule has 1 saturated heterocycles. The molecule has 150 valence electrons. The van der Waals surface area contributed by atoms with E-state index in [4.69, 9.17) is 20.7 Å². The van der Waals surface area contributed by atoms with Gasteiger partial charge in [0.15, 0.2) is 6.23 Å². The molecule has 2 rings (SSSR count). The summed E-state index contributed by atoms with van der Waals surface area (Å²) in [5, 5.41) is 23.9. The van der Waals surface area contributed by atoms with Gasteiger partial charge in [0.25, 0.3) is 0 Å². The number of nitrogens with two attached hydrogens (primary N) is 1. The molecule has 0 aromatic carbocycles. The SMILES string of the molecule is CCCCC(=O)OC[C@@]1(N=[N+]=[N-])O[C@@H](n2ccc(N)nc2=O)[C@H](O)[C@@H]1O.Cl. The summed E-state index contributed by atoms with van der Waals surface area (Å²) in [7, 11) is 0. The van der Waals surface area contributed by atoms with E-state index >= 15 is 0 Å². The number of hydrogen-bond donors (Lipinski definition) is 3. The molecule has 0 bridgehead atoms. The van der Waals surface area contributed by atoms with E-state index in [1.54, 1.807) is 0 Å². The lowest BCUT2D eigenvalue weighted by atomic mass is 10.1. The first kappa shape index (κ1) is 22.7. The van der Waals surface area contributed by atoms with Crippen LogP contribution in [0.3, 0.4) is 0 Å². The van der Waals surface area contributed by atoms with Crippen LogP contribution in [0.15, 0.2) is 22.2 Å². The molecule has 1 aliphatic rings. The van der Waals surface area contributed by atoms with Crippen LogP contribution in [0, 0.1) is 0 Å². The van der Waals surface area contributed by atoms with Gasteiger partial charge in [-0.25, -0.2) is 4.79 Å². The number of carbonyl (C=O) groups is 1. The normalized spacial score (nSPS) is 26.7. The molecule has 12 nitrogen and oxygen atoms in total. The molecule has 0 amide bonds. The lowest BCUT2D eigenvalue weighted by molar-refractivity contribution is -0.165. The van der Waals surface area contributed by atoms with Crippen molar-refractivity contribution in [2.24, 2.45) is 5.11 Å². The number of azide groups is 1. The van der Waals surface area contributed by atoms with E-state index in [2.05, 4.69) is 15.0 Å². The molecule has 13 heteroatoms. The predicted molar refractivity (Wildman–Crippen MR) is 94.7 cm³/mol. The van der Waals surface area contributed by atoms with E-state index in [0.717, 1.165) is 11.0 Å². The molecule has 1 aromatic heterocycles. The van der Waals surface area contributed by atoms with Gasteiger partial charge in [0.2, 0.25) is 5.72 Å². The average molecular weight is 405 g/mol. The molecular formula is C14H21ClN6O6. The highest BCUT2D eigenvalue weighted by atomic mass is 35.5. The predicted octanol–water partition coefficient (Wildman–Crippen LogP) is 0.238. The van der Waals surface area contributed by atoms with Gasteiger partial charge in [0.05, 0.1) is 0 Å². The number of anilines is 1. The summed E-state index contributed by atoms with van der Waals surface area (Å²) in [6.45, 7) is 1.28. The Hall–Kier alpha value is -2.37. The van der Waals surface area contributed by atoms with Gasteiger partial charge in [-0.15, -0.1) is 12.4 Å². The Morgan fingerprint density at radius 1 is 1.59 bits per heavy atom. The van der Waals surface area contributed by atoms with Crippen molar-refractivity contribution in [2.75, 3.05) is 12.3 Å². The molecule has 0 radical (unpaired) electrons. The summed E-state index contributed by atoms with van der Waals surface area (Å²) < 4.78 is 11.4. The Morgan fingerprint density at radius 3 is 2.89 bits per heavy atom. The van der Waals surface area contributed by atoms with E-state index in [1.807, 2.05) is 6.92 Å². The molecule has 0 saturated carbocycles. The van der Waals surface area contributed by atoms with Gasteiger partial charge >= 0.3 is 11.7 Å². The number of aliphatic hydroxyl groups is 2. The van der Waals surface area contributed by atoms with Crippen LogP contribution in [0.5, 0.6) is 0 Å². The van der Waals surface area contributed by atoms with Crippen molar-refractivity contribution in [1.29, 1.82) is 0 Å². The summed E-state index contributed by atoms with van der Waals surface area (Å²) in [5.41, 5.74) is 11.3. The van der Waals surface area contributed by atoms with Crippen LogP contribution in [-0.4, -0.2) is 50.3 Å². The number of halogens is 1. The van der Waals surface area contributed by atoms with Gasteiger partial charge in [-0.3, -0.25) is 9.36 Å². The van der Waals surface area contributed by atoms with Crippen LogP contribution in [0.4, 0.5) is 5.82 Å². The summed E-state index contributed by atoms with van der Waals surface area (Å²) in [6.07, 6.45) is -2.05. The molecule has 0 unspecified atom stereocenters. The number of unbranched alkanes of at least 4 members (excludes halogenated alkanes) is 1. The summed E-state index contributed by atoms with van der Waals surface area (Å²) >= 11 is 0. The summed E-state index contributed by atoms with van der Waals surface area (Å²) in [4.78, 5) is 29.7. The van der Waals surface area contributed by atoms with E-state index in [1.165, 1.54) is 12.3 Å². The van der Waals surface area contributed by atoms with Crippen molar-refractivity contribution < 1.29 is 24.5 Å². The second-order valence-corrected chi connectivity index (χ2v) is 5.78. The first-order chi connectivity index (χ1) is 12.3. The average Bonchev–Trinajstić information content (AvgIpc) is 2.84. The molecule has 0 aliphatic carbocycles. The molecule has 0 spiro atoms. The maximum Gasteiger partial charge on any atom is 0.351 e. The topological polar surface area (TPSA) is 186 Å². The first-order valence-corrected chi connectivity index (χ1v) is 7.95. The number of esters is 1. The lowest BCUT2D eigenvalue weighted by Crippen LogP contribution is -2.45. The van der Waals surface area contributed by atoms with Gasteiger partial charge in [-0.1, -0.05) is 18.5 Å². The van der Waals surface area contributed by atoms with Crippen molar-refractivity contribution in [1.82, 2.24) is 9.55 Å². The Balaban J connectivity index is 0.00000364. The highest BCUT2D eigenvalue weighted by Gasteiger charge is 2.56. The number of ether oxygens (including phenoxy) is 2. The fourth-order valence-corrected chi connectivity index (χ4v) is 2.50. The minimum Gasteiger partial charge on any atom is -0.462 e. The third-order valence-corrected chi connectivity index (χ3v) is 3.92. The maximum absolute atomic E-state index is 11.9. The minimum absolute atomic E-state index is 0. The number of aromatic nitrogens is 2. The van der Waals surface area contributed by atoms with Crippen LogP contribution >= 0.6 is 12.4 Å². The molecule has 1 aromatic rings. The summed E-state index contributed by atoms with van der Waals surface area (Å²) in [5.74, 6) is -0.607. The van der Waals surface area contributed by atoms with Gasteiger partial charge < -0.3 is 25.4 Å². The van der Waals surface area contributed by atoms with Gasteiger partial charge in [-0.2, -0.15) is 4.98 Å². The van der Waals surface area contributed by atoms with Crippen molar-refractivity contribution in [3.05, 3.63) is 33.2 Å². The number of carbonyl (C=O) groups excluding carboxylic acids is 1. The molecular weight excluding hydrogens is 384 g/mol. The largest absolute Gasteiger partial charge is 0.462 e. The van der Waals surface area contributed by atoms with Gasteiger partial charge in [0, 0.05) is 17.5 Å². The number of aliphatic hydroxyl groups excluding tert-OH is 2. The Labute approximate surface area is 159 Å². The highest BCUT2D eigenvalue weighted by Crippen LogP contribution is 2.38. The summed E-state index contributed by atoms with van der Waals surface area (Å²) in [6, 6.07) is 1.29. The second-order valence-electron chi connectivity index (χ2n) is 5.78. The Morgan fingerprint density at radius 2 is 2.30 bits per heavy atom. The Kier molecular flexibility index (Phi) is 8.00. The van der Waals surface area contributed by atoms with Gasteiger partial charge in [0.1, 0.15) is 24.6 Å². The third-order valence-electron chi connectivity index (χ3n) is 3.92. The smallest absolute Gasteiger partial charge is 0.351 e. The maximum atomic E-state index is 11.9. The fourth-order valence-electron chi connectivity index (χ4n) is 2.50. The molecule has 1 fully saturated rings. The zero-order valence-electron chi connectivity index (χ0n) is 14.5. The number of nitrogens with zero attached hydrogens (tertiary/aromatic N) is 5. The van der Waals surface area contributed by atoms with E-state index in [0.29, 0.717) is 6.42 Å². The van der Waals surface area contributed by atoms with Crippen molar-refractivity contribution in [2.45, 2.75) is 50.3 Å². The molecule has 27 heavy (non-hydrogen) atoms. The second kappa shape index (κ2) is 9.53. The first-order valence-electron chi connectivity index (χ1n) is 7.95. The molecule has 4 N–H and O–H groups in total. The van der Waals surface area contributed by atoms with Crippen LogP contribution in [0.1, 0.15) is 32.4 Å². The van der Waals surface area contributed by atoms with Crippen LogP contribution < -0.4 is 11.4 Å². The monoisotopic (exact) mass is 404 g/mol. The lowest BCUT2D eigenvalue weighted by Gasteiger charge is -2.26. The third kappa shape index (κ3) is 4.87. The standard InChI is InChI=1S/C14H20N6O6.ClH/c1-2-3-4-9(21)25-7-14(18-19-16)11(23)10(22)12(26-14)20-6-5-8(15)17-13(20)24;/h5-6,10-12,22-23H,2-4,7H2,1H3,(H2,15,17,24);1H/t10-,11+,12-,14-;/m1./s1. The van der Waals surface area contributed by atoms with Crippen molar-refractivity contribution in [3.8, 4) is 0 Å². The van der Waals surface area contributed by atoms with E-state index < -0.39 is 42.4 Å². The quantitative estimate of drug-likeness (QED) is 0.249. The molecule has 1 aliphatic heterocycles. The molecule has 2 heterocycles. The van der Waals surface area contributed by atoms with Crippen LogP contribution in [-0.2, 0) is 14.3 Å². The zero-order valence-corrected chi connectivity index (χ0v) is 15.3. The van der Waals surface area contributed by atoms with Crippen molar-refractivity contribution in [3.63, 3.8) is 0 Å². The van der Waals surface area contributed by atoms with Gasteiger partial charge in [-0.05, 0) is 18.0 Å². The zero-order chi connectivity index (χ0) is 19.3. The fraction of sp³-hybridized carbons (Fsp3) is 0.643. The number of hydrogen-bond acceptors (Lipinski definition) is 9. The van der Waals surface area contributed by atoms with Crippen LogP contribution in [0.25, 0.3) is 10.4 Å². The highest BCUT2D eigenvalue weighted by molar-refractivity contribution is 5.85. The number of rotatable bonds is 7. The Bertz CT molecular complexity index is 769. The van der Waals surface area contributed by atoms with Crippen LogP contribution in [0.2, 0.25) is 0 Å².